The van der Waals surface area contributed by atoms with E-state index in [0.717, 1.165) is 25.9 Å². The SMILES string of the molecule is O=C(O)NC(Cc1ccccc1)[C@@H]1CCNC1. The lowest BCUT2D eigenvalue weighted by molar-refractivity contribution is 0.185. The van der Waals surface area contributed by atoms with Gasteiger partial charge in [0.25, 0.3) is 0 Å². The van der Waals surface area contributed by atoms with E-state index in [9.17, 15) is 4.79 Å². The Morgan fingerprint density at radius 3 is 2.82 bits per heavy atom. The Bertz CT molecular complexity index is 361. The summed E-state index contributed by atoms with van der Waals surface area (Å²) in [6, 6.07) is 10.0. The number of amides is 1. The first kappa shape index (κ1) is 11.9. The Morgan fingerprint density at radius 2 is 2.24 bits per heavy atom. The van der Waals surface area contributed by atoms with Gasteiger partial charge in [-0.05, 0) is 37.4 Å². The Morgan fingerprint density at radius 1 is 1.47 bits per heavy atom. The molecule has 1 amide bonds. The maximum Gasteiger partial charge on any atom is 0.404 e. The molecule has 0 saturated carbocycles. The third kappa shape index (κ3) is 3.46. The normalized spacial score (nSPS) is 21.1. The molecule has 17 heavy (non-hydrogen) atoms. The average Bonchev–Trinajstić information content (AvgIpc) is 2.82. The van der Waals surface area contributed by atoms with Crippen molar-refractivity contribution >= 4 is 6.09 Å². The largest absolute Gasteiger partial charge is 0.465 e. The second-order valence-corrected chi connectivity index (χ2v) is 4.50. The van der Waals surface area contributed by atoms with Gasteiger partial charge in [0.05, 0.1) is 0 Å². The van der Waals surface area contributed by atoms with Crippen molar-refractivity contribution in [2.75, 3.05) is 13.1 Å². The molecule has 1 aromatic rings. The van der Waals surface area contributed by atoms with Crippen LogP contribution in [0.4, 0.5) is 4.79 Å². The highest BCUT2D eigenvalue weighted by atomic mass is 16.4. The summed E-state index contributed by atoms with van der Waals surface area (Å²) in [7, 11) is 0. The molecule has 92 valence electrons. The standard InChI is InChI=1S/C13H18N2O2/c16-13(17)15-12(11-6-7-14-9-11)8-10-4-2-1-3-5-10/h1-5,11-12,14-15H,6-9H2,(H,16,17)/t11-,12?/m1/s1. The fourth-order valence-electron chi connectivity index (χ4n) is 2.38. The van der Waals surface area contributed by atoms with Crippen LogP contribution in [0.15, 0.2) is 30.3 Å². The summed E-state index contributed by atoms with van der Waals surface area (Å²) in [5, 5.41) is 14.8. The lowest BCUT2D eigenvalue weighted by Crippen LogP contribution is -2.42. The summed E-state index contributed by atoms with van der Waals surface area (Å²) in [4.78, 5) is 10.8. The van der Waals surface area contributed by atoms with Crippen molar-refractivity contribution in [3.05, 3.63) is 35.9 Å². The number of hydrogen-bond acceptors (Lipinski definition) is 2. The summed E-state index contributed by atoms with van der Waals surface area (Å²) in [5.41, 5.74) is 1.18. The van der Waals surface area contributed by atoms with E-state index in [4.69, 9.17) is 5.11 Å². The van der Waals surface area contributed by atoms with Crippen molar-refractivity contribution in [1.29, 1.82) is 0 Å². The van der Waals surface area contributed by atoms with E-state index in [-0.39, 0.29) is 6.04 Å². The fraction of sp³-hybridized carbons (Fsp3) is 0.462. The zero-order chi connectivity index (χ0) is 12.1. The second kappa shape index (κ2) is 5.68. The number of nitrogens with one attached hydrogen (secondary N) is 2. The van der Waals surface area contributed by atoms with Crippen molar-refractivity contribution in [2.24, 2.45) is 5.92 Å². The molecular formula is C13H18N2O2. The number of carboxylic acid groups (broad SMARTS) is 1. The Labute approximate surface area is 101 Å². The first-order valence-electron chi connectivity index (χ1n) is 6.00. The molecule has 0 radical (unpaired) electrons. The minimum Gasteiger partial charge on any atom is -0.465 e. The molecule has 0 aromatic heterocycles. The Balaban J connectivity index is 2.02. The van der Waals surface area contributed by atoms with Crippen molar-refractivity contribution in [3.8, 4) is 0 Å². The Kier molecular flexibility index (Phi) is 3.98. The van der Waals surface area contributed by atoms with Gasteiger partial charge >= 0.3 is 6.09 Å². The maximum absolute atomic E-state index is 10.8. The molecule has 3 N–H and O–H groups in total. The van der Waals surface area contributed by atoms with Crippen LogP contribution in [-0.4, -0.2) is 30.3 Å². The van der Waals surface area contributed by atoms with Crippen LogP contribution in [0.1, 0.15) is 12.0 Å². The predicted octanol–water partition coefficient (Wildman–Crippen LogP) is 1.47. The smallest absolute Gasteiger partial charge is 0.404 e. The van der Waals surface area contributed by atoms with Gasteiger partial charge in [-0.1, -0.05) is 30.3 Å². The zero-order valence-electron chi connectivity index (χ0n) is 9.73. The summed E-state index contributed by atoms with van der Waals surface area (Å²) < 4.78 is 0. The molecule has 4 heteroatoms. The number of rotatable bonds is 4. The highest BCUT2D eigenvalue weighted by molar-refractivity contribution is 5.65. The minimum absolute atomic E-state index is 0.00454. The number of hydrogen-bond donors (Lipinski definition) is 3. The Hall–Kier alpha value is -1.55. The second-order valence-electron chi connectivity index (χ2n) is 4.50. The molecule has 0 bridgehead atoms. The highest BCUT2D eigenvalue weighted by Crippen LogP contribution is 2.17. The van der Waals surface area contributed by atoms with Crippen molar-refractivity contribution in [3.63, 3.8) is 0 Å². The van der Waals surface area contributed by atoms with E-state index in [1.54, 1.807) is 0 Å². The topological polar surface area (TPSA) is 61.4 Å². The number of benzene rings is 1. The molecule has 4 nitrogen and oxygen atoms in total. The predicted molar refractivity (Wildman–Crippen MR) is 66.1 cm³/mol. The van der Waals surface area contributed by atoms with E-state index in [1.165, 1.54) is 5.56 Å². The molecule has 1 aliphatic rings. The summed E-state index contributed by atoms with van der Waals surface area (Å²) in [5.74, 6) is 0.395. The van der Waals surface area contributed by atoms with Gasteiger partial charge in [-0.15, -0.1) is 0 Å². The molecule has 1 unspecified atom stereocenters. The van der Waals surface area contributed by atoms with Gasteiger partial charge in [0.15, 0.2) is 0 Å². The van der Waals surface area contributed by atoms with Crippen LogP contribution in [0.2, 0.25) is 0 Å². The van der Waals surface area contributed by atoms with Crippen LogP contribution in [0.3, 0.4) is 0 Å². The van der Waals surface area contributed by atoms with Gasteiger partial charge in [0, 0.05) is 6.04 Å². The van der Waals surface area contributed by atoms with Crippen molar-refractivity contribution < 1.29 is 9.90 Å². The summed E-state index contributed by atoms with van der Waals surface area (Å²) in [6.07, 6.45) is 0.870. The summed E-state index contributed by atoms with van der Waals surface area (Å²) in [6.45, 7) is 1.88. The quantitative estimate of drug-likeness (QED) is 0.739. The molecule has 2 atom stereocenters. The monoisotopic (exact) mass is 234 g/mol. The third-order valence-corrected chi connectivity index (χ3v) is 3.27. The minimum atomic E-state index is -0.933. The van der Waals surface area contributed by atoms with E-state index in [1.807, 2.05) is 30.3 Å². The molecule has 0 spiro atoms. The molecule has 1 saturated heterocycles. The molecule has 2 rings (SSSR count). The van der Waals surface area contributed by atoms with E-state index < -0.39 is 6.09 Å². The zero-order valence-corrected chi connectivity index (χ0v) is 9.73. The van der Waals surface area contributed by atoms with Gasteiger partial charge in [0.1, 0.15) is 0 Å². The highest BCUT2D eigenvalue weighted by Gasteiger charge is 2.26. The lowest BCUT2D eigenvalue weighted by Gasteiger charge is -2.22. The molecule has 0 aliphatic carbocycles. The fourth-order valence-corrected chi connectivity index (χ4v) is 2.38. The molecule has 1 aromatic carbocycles. The van der Waals surface area contributed by atoms with Crippen LogP contribution in [0, 0.1) is 5.92 Å². The molecule has 1 heterocycles. The maximum atomic E-state index is 10.8. The van der Waals surface area contributed by atoms with Gasteiger partial charge in [-0.2, -0.15) is 0 Å². The number of carbonyl (C=O) groups is 1. The first-order valence-corrected chi connectivity index (χ1v) is 6.00. The third-order valence-electron chi connectivity index (χ3n) is 3.27. The van der Waals surface area contributed by atoms with E-state index in [2.05, 4.69) is 10.6 Å². The molecule has 1 fully saturated rings. The molecule has 1 aliphatic heterocycles. The van der Waals surface area contributed by atoms with E-state index in [0.29, 0.717) is 5.92 Å². The van der Waals surface area contributed by atoms with Crippen molar-refractivity contribution in [2.45, 2.75) is 18.9 Å². The summed E-state index contributed by atoms with van der Waals surface area (Å²) >= 11 is 0. The van der Waals surface area contributed by atoms with Gasteiger partial charge in [-0.25, -0.2) is 4.79 Å². The average molecular weight is 234 g/mol. The van der Waals surface area contributed by atoms with Crippen LogP contribution in [-0.2, 0) is 6.42 Å². The van der Waals surface area contributed by atoms with Gasteiger partial charge in [-0.3, -0.25) is 0 Å². The van der Waals surface area contributed by atoms with Crippen LogP contribution in [0.5, 0.6) is 0 Å². The first-order chi connectivity index (χ1) is 8.25. The van der Waals surface area contributed by atoms with Crippen LogP contribution < -0.4 is 10.6 Å². The molecular weight excluding hydrogens is 216 g/mol. The van der Waals surface area contributed by atoms with Gasteiger partial charge in [0.2, 0.25) is 0 Å². The van der Waals surface area contributed by atoms with Crippen molar-refractivity contribution in [1.82, 2.24) is 10.6 Å². The van der Waals surface area contributed by atoms with Crippen LogP contribution >= 0.6 is 0 Å². The van der Waals surface area contributed by atoms with Crippen LogP contribution in [0.25, 0.3) is 0 Å². The van der Waals surface area contributed by atoms with E-state index >= 15 is 0 Å². The lowest BCUT2D eigenvalue weighted by atomic mass is 9.93. The van der Waals surface area contributed by atoms with Gasteiger partial charge < -0.3 is 15.7 Å².